The van der Waals surface area contributed by atoms with Gasteiger partial charge in [-0.2, -0.15) is 4.72 Å². The molecule has 3 aromatic rings. The summed E-state index contributed by atoms with van der Waals surface area (Å²) in [5.74, 6) is -0.874. The summed E-state index contributed by atoms with van der Waals surface area (Å²) in [7, 11) is -4.20. The Morgan fingerprint density at radius 1 is 0.800 bits per heavy atom. The van der Waals surface area contributed by atoms with Crippen LogP contribution in [0.4, 0.5) is 0 Å². The first-order chi connectivity index (χ1) is 16.7. The van der Waals surface area contributed by atoms with Crippen LogP contribution in [0.15, 0.2) is 83.8 Å². The Bertz CT molecular complexity index is 1260. The van der Waals surface area contributed by atoms with Crippen molar-refractivity contribution >= 4 is 45.0 Å². The van der Waals surface area contributed by atoms with Crippen molar-refractivity contribution in [1.29, 1.82) is 0 Å². The van der Waals surface area contributed by atoms with E-state index in [1.807, 2.05) is 60.7 Å². The number of hydrogen-bond acceptors (Lipinski definition) is 4. The highest BCUT2D eigenvalue weighted by Gasteiger charge is 2.28. The number of carbonyl (C=O) groups is 2. The normalized spacial score (nSPS) is 12.1. The van der Waals surface area contributed by atoms with Crippen LogP contribution < -0.4 is 15.4 Å². The molecule has 7 nitrogen and oxygen atoms in total. The van der Waals surface area contributed by atoms with Gasteiger partial charge in [-0.25, -0.2) is 8.42 Å². The minimum absolute atomic E-state index is 0.0362. The smallest absolute Gasteiger partial charge is 0.242 e. The van der Waals surface area contributed by atoms with Gasteiger partial charge in [0, 0.05) is 24.5 Å². The largest absolute Gasteiger partial charge is 0.352 e. The minimum atomic E-state index is -4.20. The summed E-state index contributed by atoms with van der Waals surface area (Å²) < 4.78 is 28.4. The van der Waals surface area contributed by atoms with Gasteiger partial charge in [-0.3, -0.25) is 9.59 Å². The van der Waals surface area contributed by atoms with Gasteiger partial charge in [-0.1, -0.05) is 83.9 Å². The zero-order valence-corrected chi connectivity index (χ0v) is 21.0. The van der Waals surface area contributed by atoms with E-state index < -0.39 is 22.0 Å². The fourth-order valence-corrected chi connectivity index (χ4v) is 5.24. The maximum atomic E-state index is 13.0. The van der Waals surface area contributed by atoms with E-state index in [4.69, 9.17) is 23.2 Å². The molecule has 0 bridgehead atoms. The van der Waals surface area contributed by atoms with Crippen LogP contribution >= 0.6 is 23.2 Å². The average Bonchev–Trinajstić information content (AvgIpc) is 2.86. The highest BCUT2D eigenvalue weighted by molar-refractivity contribution is 7.89. The van der Waals surface area contributed by atoms with E-state index in [9.17, 15) is 18.0 Å². The summed E-state index contributed by atoms with van der Waals surface area (Å²) in [4.78, 5) is 25.1. The predicted octanol–water partition coefficient (Wildman–Crippen LogP) is 4.05. The van der Waals surface area contributed by atoms with Gasteiger partial charge < -0.3 is 10.6 Å². The summed E-state index contributed by atoms with van der Waals surface area (Å²) in [5, 5.41) is 5.64. The van der Waals surface area contributed by atoms with Crippen molar-refractivity contribution in [1.82, 2.24) is 15.4 Å². The van der Waals surface area contributed by atoms with Crippen molar-refractivity contribution in [3.05, 3.63) is 100 Å². The van der Waals surface area contributed by atoms with Gasteiger partial charge in [0.2, 0.25) is 21.8 Å². The van der Waals surface area contributed by atoms with E-state index in [2.05, 4.69) is 15.4 Å². The van der Waals surface area contributed by atoms with E-state index in [1.165, 1.54) is 18.2 Å². The summed E-state index contributed by atoms with van der Waals surface area (Å²) in [5.41, 5.74) is 1.77. The van der Waals surface area contributed by atoms with Gasteiger partial charge >= 0.3 is 0 Å². The molecule has 0 saturated carbocycles. The quantitative estimate of drug-likeness (QED) is 0.345. The molecule has 3 aromatic carbocycles. The number of benzene rings is 3. The number of carbonyl (C=O) groups excluding carboxylic acids is 2. The summed E-state index contributed by atoms with van der Waals surface area (Å²) in [6.45, 7) is 0.532. The molecule has 3 rings (SSSR count). The Kier molecular flexibility index (Phi) is 9.68. The van der Waals surface area contributed by atoms with Gasteiger partial charge in [0.05, 0.1) is 5.02 Å². The SMILES string of the molecule is O=C(CC[C@H](NS(=O)(=O)c1cc(Cl)ccc1Cl)C(=O)NCc1ccccc1)NCc1ccccc1. The third-order valence-electron chi connectivity index (χ3n) is 5.10. The van der Waals surface area contributed by atoms with E-state index in [1.54, 1.807) is 0 Å². The van der Waals surface area contributed by atoms with Crippen molar-refractivity contribution in [3.8, 4) is 0 Å². The molecule has 35 heavy (non-hydrogen) atoms. The zero-order valence-electron chi connectivity index (χ0n) is 18.7. The lowest BCUT2D eigenvalue weighted by molar-refractivity contribution is -0.124. The highest BCUT2D eigenvalue weighted by atomic mass is 35.5. The molecule has 184 valence electrons. The van der Waals surface area contributed by atoms with Gasteiger partial charge in [0.1, 0.15) is 10.9 Å². The van der Waals surface area contributed by atoms with Gasteiger partial charge in [0.15, 0.2) is 0 Å². The lowest BCUT2D eigenvalue weighted by Gasteiger charge is -2.19. The lowest BCUT2D eigenvalue weighted by atomic mass is 10.1. The van der Waals surface area contributed by atoms with E-state index in [-0.39, 0.29) is 40.2 Å². The van der Waals surface area contributed by atoms with Crippen LogP contribution in [-0.4, -0.2) is 26.3 Å². The topological polar surface area (TPSA) is 104 Å². The molecule has 0 aliphatic heterocycles. The summed E-state index contributed by atoms with van der Waals surface area (Å²) in [6.07, 6.45) is -0.124. The standard InChI is InChI=1S/C25H25Cl2N3O4S/c26-20-11-12-21(27)23(15-20)35(33,34)30-22(25(32)29-17-19-9-5-2-6-10-19)13-14-24(31)28-16-18-7-3-1-4-8-18/h1-12,15,22,30H,13-14,16-17H2,(H,28,31)(H,29,32)/t22-/m0/s1. The van der Waals surface area contributed by atoms with E-state index in [0.29, 0.717) is 6.54 Å². The molecule has 0 aliphatic rings. The first-order valence-electron chi connectivity index (χ1n) is 10.8. The first kappa shape index (κ1) is 26.7. The van der Waals surface area contributed by atoms with Gasteiger partial charge in [0.25, 0.3) is 0 Å². The molecule has 3 N–H and O–H groups in total. The molecule has 1 atom stereocenters. The number of nitrogens with one attached hydrogen (secondary N) is 3. The average molecular weight is 534 g/mol. The maximum absolute atomic E-state index is 13.0. The second-order valence-electron chi connectivity index (χ2n) is 7.75. The Morgan fingerprint density at radius 3 is 1.97 bits per heavy atom. The molecule has 10 heteroatoms. The number of halogens is 2. The van der Waals surface area contributed by atoms with Gasteiger partial charge in [-0.05, 0) is 35.7 Å². The number of sulfonamides is 1. The Hall–Kier alpha value is -2.91. The minimum Gasteiger partial charge on any atom is -0.352 e. The number of amides is 2. The summed E-state index contributed by atoms with van der Waals surface area (Å²) >= 11 is 12.0. The second kappa shape index (κ2) is 12.7. The molecule has 0 fully saturated rings. The molecule has 0 unspecified atom stereocenters. The monoisotopic (exact) mass is 533 g/mol. The van der Waals surface area contributed by atoms with Crippen LogP contribution in [0.3, 0.4) is 0 Å². The fourth-order valence-electron chi connectivity index (χ4n) is 3.25. The van der Waals surface area contributed by atoms with E-state index >= 15 is 0 Å². The molecule has 0 spiro atoms. The Balaban J connectivity index is 1.69. The van der Waals surface area contributed by atoms with E-state index in [0.717, 1.165) is 11.1 Å². The molecular weight excluding hydrogens is 509 g/mol. The van der Waals surface area contributed by atoms with Crippen LogP contribution in [0.25, 0.3) is 0 Å². The van der Waals surface area contributed by atoms with Crippen LogP contribution in [-0.2, 0) is 32.7 Å². The molecule has 2 amide bonds. The Labute approximate surface area is 214 Å². The van der Waals surface area contributed by atoms with Crippen molar-refractivity contribution in [3.63, 3.8) is 0 Å². The molecule has 0 aromatic heterocycles. The van der Waals surface area contributed by atoms with Crippen molar-refractivity contribution in [2.75, 3.05) is 0 Å². The van der Waals surface area contributed by atoms with Crippen LogP contribution in [0.5, 0.6) is 0 Å². The predicted molar refractivity (Wildman–Crippen MR) is 136 cm³/mol. The zero-order chi connectivity index (χ0) is 25.3. The van der Waals surface area contributed by atoms with Crippen LogP contribution in [0, 0.1) is 0 Å². The molecule has 0 radical (unpaired) electrons. The maximum Gasteiger partial charge on any atom is 0.242 e. The number of rotatable bonds is 11. The van der Waals surface area contributed by atoms with Crippen molar-refractivity contribution < 1.29 is 18.0 Å². The Morgan fingerprint density at radius 2 is 1.37 bits per heavy atom. The number of hydrogen-bond donors (Lipinski definition) is 3. The third-order valence-corrected chi connectivity index (χ3v) is 7.29. The molecule has 0 aliphatic carbocycles. The van der Waals surface area contributed by atoms with Crippen molar-refractivity contribution in [2.45, 2.75) is 36.9 Å². The molecular formula is C25H25Cl2N3O4S. The fraction of sp³-hybridized carbons (Fsp3) is 0.200. The van der Waals surface area contributed by atoms with Crippen molar-refractivity contribution in [2.24, 2.45) is 0 Å². The molecule has 0 heterocycles. The highest BCUT2D eigenvalue weighted by Crippen LogP contribution is 2.25. The third kappa shape index (κ3) is 8.36. The molecule has 0 saturated heterocycles. The second-order valence-corrected chi connectivity index (χ2v) is 10.3. The first-order valence-corrected chi connectivity index (χ1v) is 13.1. The summed E-state index contributed by atoms with van der Waals surface area (Å²) in [6, 6.07) is 21.4. The van der Waals surface area contributed by atoms with Gasteiger partial charge in [-0.15, -0.1) is 0 Å². The van der Waals surface area contributed by atoms with Crippen LogP contribution in [0.2, 0.25) is 10.0 Å². The van der Waals surface area contributed by atoms with Crippen LogP contribution in [0.1, 0.15) is 24.0 Å². The lowest BCUT2D eigenvalue weighted by Crippen LogP contribution is -2.47.